The lowest BCUT2D eigenvalue weighted by Crippen LogP contribution is -2.41. The van der Waals surface area contributed by atoms with E-state index in [-0.39, 0.29) is 18.8 Å². The van der Waals surface area contributed by atoms with Crippen LogP contribution in [0.5, 0.6) is 0 Å². The summed E-state index contributed by atoms with van der Waals surface area (Å²) < 4.78 is 29.2. The number of nitrogens with zero attached hydrogens (tertiary/aromatic N) is 1. The summed E-state index contributed by atoms with van der Waals surface area (Å²) in [6.45, 7) is 4.56. The van der Waals surface area contributed by atoms with Crippen LogP contribution in [0.2, 0.25) is 0 Å². The molecule has 0 aromatic heterocycles. The van der Waals surface area contributed by atoms with Crippen molar-refractivity contribution < 1.29 is 37.6 Å². The third kappa shape index (κ3) is 24.0. The topological polar surface area (TPSA) is 102 Å². The summed E-state index contributed by atoms with van der Waals surface area (Å²) in [6.07, 6.45) is 20.6. The Morgan fingerprint density at radius 1 is 0.800 bits per heavy atom. The third-order valence-corrected chi connectivity index (χ3v) is 7.90. The third-order valence-electron chi connectivity index (χ3n) is 6.85. The first-order valence-electron chi connectivity index (χ1n) is 15.9. The smallest absolute Gasteiger partial charge is 0.394 e. The van der Waals surface area contributed by atoms with Crippen LogP contribution < -0.4 is 0 Å². The molecular formula is C31H63NO7P+. The maximum Gasteiger partial charge on any atom is 0.472 e. The number of rotatable bonds is 29. The highest BCUT2D eigenvalue weighted by atomic mass is 31.2. The zero-order chi connectivity index (χ0) is 30.1. The molecule has 0 saturated carbocycles. The first kappa shape index (κ1) is 39.4. The standard InChI is InChI=1S/C31H62NO7P/c1-6-8-10-11-12-13-14-15-16-17-18-19-20-21-22-24-29(34)31(37-26-23-9-7-2)30(28-33)39-40(35,36)38-27-25-32(3,4)5/h15-16,30-31,33H,6-14,17-28H2,1-5H3/p+1/b16-15-/t30-,31?/m0/s1. The number of unbranched alkanes of at least 4 members (excludes halogenated alkanes) is 13. The van der Waals surface area contributed by atoms with Gasteiger partial charge in [-0.05, 0) is 38.5 Å². The maximum atomic E-state index is 13.0. The predicted molar refractivity (Wildman–Crippen MR) is 164 cm³/mol. The van der Waals surface area contributed by atoms with E-state index in [4.69, 9.17) is 13.8 Å². The van der Waals surface area contributed by atoms with Gasteiger partial charge in [0, 0.05) is 13.0 Å². The van der Waals surface area contributed by atoms with Crippen LogP contribution in [0.4, 0.5) is 0 Å². The van der Waals surface area contributed by atoms with E-state index in [2.05, 4.69) is 26.0 Å². The van der Waals surface area contributed by atoms with E-state index in [0.29, 0.717) is 17.6 Å². The Morgan fingerprint density at radius 2 is 1.32 bits per heavy atom. The lowest BCUT2D eigenvalue weighted by molar-refractivity contribution is -0.870. The van der Waals surface area contributed by atoms with Gasteiger partial charge in [-0.15, -0.1) is 0 Å². The van der Waals surface area contributed by atoms with Gasteiger partial charge in [-0.3, -0.25) is 13.8 Å². The van der Waals surface area contributed by atoms with Crippen molar-refractivity contribution in [2.24, 2.45) is 0 Å². The summed E-state index contributed by atoms with van der Waals surface area (Å²) in [4.78, 5) is 23.2. The van der Waals surface area contributed by atoms with Crippen LogP contribution >= 0.6 is 7.82 Å². The number of aliphatic hydroxyl groups excluding tert-OH is 1. The van der Waals surface area contributed by atoms with Gasteiger partial charge in [0.15, 0.2) is 5.78 Å². The first-order valence-corrected chi connectivity index (χ1v) is 17.4. The SMILES string of the molecule is CCCCCCCC/C=C\CCCCCCCC(=O)C(OCCCCC)[C@H](CO)OP(=O)(O)OCC[N+](C)(C)C. The van der Waals surface area contributed by atoms with E-state index in [1.54, 1.807) is 0 Å². The summed E-state index contributed by atoms with van der Waals surface area (Å²) in [5, 5.41) is 9.92. The Bertz CT molecular complexity index is 681. The number of ether oxygens (including phenoxy) is 1. The Kier molecular flexibility index (Phi) is 24.6. The normalized spacial score (nSPS) is 15.4. The minimum atomic E-state index is -4.46. The fourth-order valence-electron chi connectivity index (χ4n) is 4.30. The fourth-order valence-corrected chi connectivity index (χ4v) is 5.19. The molecule has 8 nitrogen and oxygen atoms in total. The molecule has 0 fully saturated rings. The average Bonchev–Trinajstić information content (AvgIpc) is 2.88. The first-order chi connectivity index (χ1) is 19.1. The molecule has 0 bridgehead atoms. The monoisotopic (exact) mass is 592 g/mol. The Hall–Kier alpha value is -0.600. The van der Waals surface area contributed by atoms with Crippen LogP contribution in [0.15, 0.2) is 12.2 Å². The number of carbonyl (C=O) groups excluding carboxylic acids is 1. The van der Waals surface area contributed by atoms with Crippen LogP contribution in [0.1, 0.15) is 123 Å². The molecule has 0 aromatic rings. The summed E-state index contributed by atoms with van der Waals surface area (Å²) >= 11 is 0. The lowest BCUT2D eigenvalue weighted by Gasteiger charge is -2.27. The number of aliphatic hydroxyl groups is 1. The molecule has 238 valence electrons. The number of likely N-dealkylation sites (N-methyl/N-ethyl adjacent to an activating group) is 1. The van der Waals surface area contributed by atoms with Gasteiger partial charge < -0.3 is 19.2 Å². The van der Waals surface area contributed by atoms with Crippen molar-refractivity contribution in [3.8, 4) is 0 Å². The lowest BCUT2D eigenvalue weighted by atomic mass is 10.0. The largest absolute Gasteiger partial charge is 0.472 e. The van der Waals surface area contributed by atoms with Gasteiger partial charge >= 0.3 is 7.82 Å². The van der Waals surface area contributed by atoms with E-state index < -0.39 is 26.6 Å². The fraction of sp³-hybridized carbons (Fsp3) is 0.903. The highest BCUT2D eigenvalue weighted by Gasteiger charge is 2.36. The van der Waals surface area contributed by atoms with Crippen molar-refractivity contribution in [3.63, 3.8) is 0 Å². The van der Waals surface area contributed by atoms with Gasteiger partial charge in [-0.2, -0.15) is 0 Å². The van der Waals surface area contributed by atoms with Crippen molar-refractivity contribution in [2.45, 2.75) is 135 Å². The summed E-state index contributed by atoms with van der Waals surface area (Å²) in [7, 11) is 1.36. The van der Waals surface area contributed by atoms with Gasteiger partial charge in [-0.25, -0.2) is 4.57 Å². The molecule has 0 amide bonds. The maximum absolute atomic E-state index is 13.0. The second kappa shape index (κ2) is 24.9. The minimum absolute atomic E-state index is 0.0142. The summed E-state index contributed by atoms with van der Waals surface area (Å²) in [6, 6.07) is 0. The second-order valence-corrected chi connectivity index (χ2v) is 13.3. The number of quaternary nitrogens is 1. The molecule has 0 rings (SSSR count). The quantitative estimate of drug-likeness (QED) is 0.0405. The molecule has 2 unspecified atom stereocenters. The van der Waals surface area contributed by atoms with E-state index in [9.17, 15) is 19.4 Å². The van der Waals surface area contributed by atoms with Crippen LogP contribution in [0.3, 0.4) is 0 Å². The molecule has 0 spiro atoms. The number of ketones is 1. The van der Waals surface area contributed by atoms with Gasteiger partial charge in [-0.1, -0.05) is 90.2 Å². The van der Waals surface area contributed by atoms with Crippen molar-refractivity contribution in [2.75, 3.05) is 47.5 Å². The minimum Gasteiger partial charge on any atom is -0.394 e. The molecule has 0 aliphatic heterocycles. The predicted octanol–water partition coefficient (Wildman–Crippen LogP) is 7.37. The second-order valence-electron chi connectivity index (χ2n) is 11.9. The number of carbonyl (C=O) groups is 1. The molecule has 3 atom stereocenters. The molecule has 0 radical (unpaired) electrons. The summed E-state index contributed by atoms with van der Waals surface area (Å²) in [5.74, 6) is -0.209. The Morgan fingerprint density at radius 3 is 1.88 bits per heavy atom. The van der Waals surface area contributed by atoms with Gasteiger partial charge in [0.05, 0.1) is 27.7 Å². The number of hydrogen-bond donors (Lipinski definition) is 2. The molecule has 0 aliphatic carbocycles. The number of Topliss-reactive ketones (excluding diaryl/α,β-unsaturated/α-hetero) is 1. The van der Waals surface area contributed by atoms with E-state index in [1.807, 2.05) is 21.1 Å². The molecule has 0 saturated heterocycles. The van der Waals surface area contributed by atoms with Crippen molar-refractivity contribution in [1.82, 2.24) is 0 Å². The van der Waals surface area contributed by atoms with Crippen molar-refractivity contribution in [1.29, 1.82) is 0 Å². The molecular weight excluding hydrogens is 529 g/mol. The summed E-state index contributed by atoms with van der Waals surface area (Å²) in [5.41, 5.74) is 0. The molecule has 0 aliphatic rings. The van der Waals surface area contributed by atoms with Gasteiger partial charge in [0.25, 0.3) is 0 Å². The van der Waals surface area contributed by atoms with E-state index in [1.165, 1.54) is 44.9 Å². The highest BCUT2D eigenvalue weighted by Crippen LogP contribution is 2.45. The van der Waals surface area contributed by atoms with Gasteiger partial charge in [0.1, 0.15) is 25.4 Å². The zero-order valence-corrected chi connectivity index (χ0v) is 27.4. The molecule has 0 heterocycles. The van der Waals surface area contributed by atoms with Crippen molar-refractivity contribution >= 4 is 13.6 Å². The number of hydrogen-bond acceptors (Lipinski definition) is 6. The molecule has 9 heteroatoms. The number of phosphoric acid groups is 1. The highest BCUT2D eigenvalue weighted by molar-refractivity contribution is 7.47. The van der Waals surface area contributed by atoms with E-state index in [0.717, 1.165) is 57.8 Å². The number of allylic oxidation sites excluding steroid dienone is 2. The van der Waals surface area contributed by atoms with Crippen LogP contribution in [0.25, 0.3) is 0 Å². The van der Waals surface area contributed by atoms with Gasteiger partial charge in [0.2, 0.25) is 0 Å². The van der Waals surface area contributed by atoms with Crippen LogP contribution in [-0.2, 0) is 23.1 Å². The molecule has 0 aromatic carbocycles. The number of phosphoric ester groups is 1. The average molecular weight is 593 g/mol. The van der Waals surface area contributed by atoms with Crippen LogP contribution in [0, 0.1) is 0 Å². The Balaban J connectivity index is 4.46. The van der Waals surface area contributed by atoms with Crippen molar-refractivity contribution in [3.05, 3.63) is 12.2 Å². The molecule has 40 heavy (non-hydrogen) atoms. The molecule has 2 N–H and O–H groups in total. The Labute approximate surface area is 246 Å². The van der Waals surface area contributed by atoms with Crippen LogP contribution in [-0.4, -0.2) is 80.0 Å². The zero-order valence-electron chi connectivity index (χ0n) is 26.5. The van der Waals surface area contributed by atoms with E-state index >= 15 is 0 Å².